The van der Waals surface area contributed by atoms with E-state index in [4.69, 9.17) is 16.3 Å². The van der Waals surface area contributed by atoms with Crippen LogP contribution in [0.2, 0.25) is 5.02 Å². The van der Waals surface area contributed by atoms with Gasteiger partial charge in [-0.3, -0.25) is 0 Å². The Morgan fingerprint density at radius 1 is 1.45 bits per heavy atom. The molecule has 1 aliphatic heterocycles. The SMILES string of the molecule is CCn1nncc1CN1CC(C)Oc2c(Cl)cccc21. The van der Waals surface area contributed by atoms with Crippen LogP contribution in [0, 0.1) is 0 Å². The number of aryl methyl sites for hydroxylation is 1. The second kappa shape index (κ2) is 5.32. The van der Waals surface area contributed by atoms with Crippen molar-refractivity contribution in [2.75, 3.05) is 11.4 Å². The molecule has 3 rings (SSSR count). The van der Waals surface area contributed by atoms with Crippen molar-refractivity contribution >= 4 is 17.3 Å². The summed E-state index contributed by atoms with van der Waals surface area (Å²) in [5.41, 5.74) is 2.12. The molecule has 2 aromatic rings. The maximum atomic E-state index is 6.23. The minimum absolute atomic E-state index is 0.105. The molecule has 0 N–H and O–H groups in total. The number of hydrogen-bond donors (Lipinski definition) is 0. The van der Waals surface area contributed by atoms with E-state index in [1.165, 1.54) is 0 Å². The van der Waals surface area contributed by atoms with Gasteiger partial charge in [-0.15, -0.1) is 5.10 Å². The third-order valence-corrected chi connectivity index (χ3v) is 3.73. The molecule has 6 heteroatoms. The molecular formula is C14H17ClN4O. The fourth-order valence-corrected chi connectivity index (χ4v) is 2.74. The quantitative estimate of drug-likeness (QED) is 0.872. The van der Waals surface area contributed by atoms with E-state index in [2.05, 4.69) is 29.1 Å². The Morgan fingerprint density at radius 3 is 3.10 bits per heavy atom. The molecule has 5 nitrogen and oxygen atoms in total. The number of ether oxygens (including phenoxy) is 1. The standard InChI is InChI=1S/C14H17ClN4O/c1-3-19-11(7-16-17-19)9-18-8-10(2)20-14-12(15)5-4-6-13(14)18/h4-7,10H,3,8-9H2,1-2H3. The van der Waals surface area contributed by atoms with Crippen molar-refractivity contribution in [3.63, 3.8) is 0 Å². The Kier molecular flexibility index (Phi) is 3.53. The zero-order valence-corrected chi connectivity index (χ0v) is 12.3. The van der Waals surface area contributed by atoms with Gasteiger partial charge >= 0.3 is 0 Å². The second-order valence-electron chi connectivity index (χ2n) is 4.94. The summed E-state index contributed by atoms with van der Waals surface area (Å²) in [6.45, 7) is 6.50. The van der Waals surface area contributed by atoms with Crippen LogP contribution in [-0.4, -0.2) is 27.6 Å². The molecule has 0 saturated heterocycles. The van der Waals surface area contributed by atoms with Crippen LogP contribution in [0.3, 0.4) is 0 Å². The highest BCUT2D eigenvalue weighted by Gasteiger charge is 2.25. The van der Waals surface area contributed by atoms with Gasteiger partial charge in [0.05, 0.1) is 35.7 Å². The van der Waals surface area contributed by atoms with E-state index in [0.29, 0.717) is 5.02 Å². The Hall–Kier alpha value is -1.75. The van der Waals surface area contributed by atoms with Crippen molar-refractivity contribution in [1.82, 2.24) is 15.0 Å². The molecule has 1 unspecified atom stereocenters. The monoisotopic (exact) mass is 292 g/mol. The number of fused-ring (bicyclic) bond motifs is 1. The van der Waals surface area contributed by atoms with Crippen molar-refractivity contribution < 1.29 is 4.74 Å². The lowest BCUT2D eigenvalue weighted by Crippen LogP contribution is -2.38. The zero-order valence-electron chi connectivity index (χ0n) is 11.6. The first-order valence-corrected chi connectivity index (χ1v) is 7.14. The van der Waals surface area contributed by atoms with Gasteiger partial charge in [0, 0.05) is 6.54 Å². The topological polar surface area (TPSA) is 43.2 Å². The van der Waals surface area contributed by atoms with Gasteiger partial charge in [0.15, 0.2) is 5.75 Å². The summed E-state index contributed by atoms with van der Waals surface area (Å²) in [6.07, 6.45) is 1.92. The molecule has 20 heavy (non-hydrogen) atoms. The lowest BCUT2D eigenvalue weighted by Gasteiger charge is -2.35. The number of halogens is 1. The molecule has 0 amide bonds. The summed E-state index contributed by atoms with van der Waals surface area (Å²) in [5, 5.41) is 8.71. The predicted molar refractivity (Wildman–Crippen MR) is 78.3 cm³/mol. The minimum atomic E-state index is 0.105. The Morgan fingerprint density at radius 2 is 2.30 bits per heavy atom. The Bertz CT molecular complexity index is 613. The number of hydrogen-bond acceptors (Lipinski definition) is 4. The van der Waals surface area contributed by atoms with Gasteiger partial charge in [0.25, 0.3) is 0 Å². The van der Waals surface area contributed by atoms with Gasteiger partial charge in [-0.25, -0.2) is 4.68 Å². The molecule has 0 aliphatic carbocycles. The smallest absolute Gasteiger partial charge is 0.161 e. The third-order valence-electron chi connectivity index (χ3n) is 3.43. The van der Waals surface area contributed by atoms with Crippen LogP contribution in [0.4, 0.5) is 5.69 Å². The number of anilines is 1. The lowest BCUT2D eigenvalue weighted by molar-refractivity contribution is 0.212. The molecule has 0 fully saturated rings. The number of benzene rings is 1. The van der Waals surface area contributed by atoms with E-state index in [9.17, 15) is 0 Å². The summed E-state index contributed by atoms with van der Waals surface area (Å²) in [6, 6.07) is 5.84. The molecule has 0 radical (unpaired) electrons. The van der Waals surface area contributed by atoms with Crippen LogP contribution < -0.4 is 9.64 Å². The highest BCUT2D eigenvalue weighted by Crippen LogP contribution is 2.39. The highest BCUT2D eigenvalue weighted by atomic mass is 35.5. The van der Waals surface area contributed by atoms with Crippen LogP contribution in [-0.2, 0) is 13.1 Å². The minimum Gasteiger partial charge on any atom is -0.485 e. The molecular weight excluding hydrogens is 276 g/mol. The first-order chi connectivity index (χ1) is 9.69. The van der Waals surface area contributed by atoms with Crippen LogP contribution in [0.15, 0.2) is 24.4 Å². The van der Waals surface area contributed by atoms with Crippen LogP contribution >= 0.6 is 11.6 Å². The largest absolute Gasteiger partial charge is 0.485 e. The van der Waals surface area contributed by atoms with Crippen LogP contribution in [0.1, 0.15) is 19.5 Å². The molecule has 1 aromatic heterocycles. The molecule has 0 bridgehead atoms. The van der Waals surface area contributed by atoms with Crippen molar-refractivity contribution in [3.8, 4) is 5.75 Å². The van der Waals surface area contributed by atoms with Gasteiger partial charge in [-0.1, -0.05) is 22.9 Å². The van der Waals surface area contributed by atoms with E-state index in [-0.39, 0.29) is 6.10 Å². The van der Waals surface area contributed by atoms with Crippen LogP contribution in [0.5, 0.6) is 5.75 Å². The van der Waals surface area contributed by atoms with Gasteiger partial charge in [-0.05, 0) is 26.0 Å². The zero-order chi connectivity index (χ0) is 14.1. The number of para-hydroxylation sites is 1. The summed E-state index contributed by atoms with van der Waals surface area (Å²) < 4.78 is 7.76. The van der Waals surface area contributed by atoms with Crippen molar-refractivity contribution in [2.24, 2.45) is 0 Å². The number of rotatable bonds is 3. The molecule has 2 heterocycles. The van der Waals surface area contributed by atoms with Gasteiger partial charge < -0.3 is 9.64 Å². The second-order valence-corrected chi connectivity index (χ2v) is 5.35. The normalized spacial score (nSPS) is 17.8. The summed E-state index contributed by atoms with van der Waals surface area (Å²) >= 11 is 6.23. The Labute approximate surface area is 123 Å². The first kappa shape index (κ1) is 13.2. The molecule has 0 spiro atoms. The summed E-state index contributed by atoms with van der Waals surface area (Å²) in [7, 11) is 0. The molecule has 106 valence electrons. The van der Waals surface area contributed by atoms with E-state index in [1.54, 1.807) is 0 Å². The molecule has 1 atom stereocenters. The maximum absolute atomic E-state index is 6.23. The third kappa shape index (κ3) is 2.33. The predicted octanol–water partition coefficient (Wildman–Crippen LogP) is 2.74. The van der Waals surface area contributed by atoms with E-state index >= 15 is 0 Å². The van der Waals surface area contributed by atoms with Crippen molar-refractivity contribution in [3.05, 3.63) is 35.1 Å². The van der Waals surface area contributed by atoms with E-state index < -0.39 is 0 Å². The Balaban J connectivity index is 1.93. The lowest BCUT2D eigenvalue weighted by atomic mass is 10.2. The summed E-state index contributed by atoms with van der Waals surface area (Å²) in [5.74, 6) is 0.767. The average molecular weight is 293 g/mol. The number of aromatic nitrogens is 3. The molecule has 1 aliphatic rings. The van der Waals surface area contributed by atoms with Crippen molar-refractivity contribution in [1.29, 1.82) is 0 Å². The van der Waals surface area contributed by atoms with Gasteiger partial charge in [-0.2, -0.15) is 0 Å². The molecule has 0 saturated carbocycles. The molecule has 1 aromatic carbocycles. The van der Waals surface area contributed by atoms with Crippen LogP contribution in [0.25, 0.3) is 0 Å². The fraction of sp³-hybridized carbons (Fsp3) is 0.429. The average Bonchev–Trinajstić information content (AvgIpc) is 2.87. The maximum Gasteiger partial charge on any atom is 0.161 e. The fourth-order valence-electron chi connectivity index (χ4n) is 2.52. The van der Waals surface area contributed by atoms with E-state index in [0.717, 1.165) is 36.8 Å². The highest BCUT2D eigenvalue weighted by molar-refractivity contribution is 6.32. The first-order valence-electron chi connectivity index (χ1n) is 6.76. The van der Waals surface area contributed by atoms with Gasteiger partial charge in [0.2, 0.25) is 0 Å². The number of nitrogens with zero attached hydrogens (tertiary/aromatic N) is 4. The van der Waals surface area contributed by atoms with Gasteiger partial charge in [0.1, 0.15) is 6.10 Å². The van der Waals surface area contributed by atoms with E-state index in [1.807, 2.05) is 29.1 Å². The summed E-state index contributed by atoms with van der Waals surface area (Å²) in [4.78, 5) is 2.26. The van der Waals surface area contributed by atoms with Crippen molar-refractivity contribution in [2.45, 2.75) is 33.0 Å².